The maximum atomic E-state index is 11.8. The number of nitro benzene ring substituents is 1. The van der Waals surface area contributed by atoms with E-state index in [9.17, 15) is 19.7 Å². The van der Waals surface area contributed by atoms with Gasteiger partial charge in [-0.1, -0.05) is 36.4 Å². The normalized spacial score (nSPS) is 10.2. The summed E-state index contributed by atoms with van der Waals surface area (Å²) in [6.07, 6.45) is 0. The van der Waals surface area contributed by atoms with Crippen molar-refractivity contribution in [1.82, 2.24) is 5.32 Å². The highest BCUT2D eigenvalue weighted by molar-refractivity contribution is 7.98. The predicted octanol–water partition coefficient (Wildman–Crippen LogP) is 2.80. The minimum absolute atomic E-state index is 0.0328. The molecule has 2 rings (SSSR count). The third-order valence-corrected chi connectivity index (χ3v) is 4.34. The Labute approximate surface area is 154 Å². The average molecular weight is 374 g/mol. The molecule has 0 fully saturated rings. The number of non-ortho nitro benzene ring substituents is 1. The summed E-state index contributed by atoms with van der Waals surface area (Å²) in [5.41, 5.74) is 1.04. The van der Waals surface area contributed by atoms with Crippen LogP contribution in [0.2, 0.25) is 0 Å². The number of benzene rings is 2. The first kappa shape index (κ1) is 19.5. The molecule has 1 N–H and O–H groups in total. The number of nitrogens with one attached hydrogen (secondary N) is 1. The molecule has 0 heterocycles. The first-order chi connectivity index (χ1) is 12.6. The maximum Gasteiger partial charge on any atom is 0.338 e. The summed E-state index contributed by atoms with van der Waals surface area (Å²) in [5.74, 6) is 0.407. The molecular formula is C18H18N2O5S. The van der Waals surface area contributed by atoms with Gasteiger partial charge < -0.3 is 10.1 Å². The van der Waals surface area contributed by atoms with E-state index >= 15 is 0 Å². The van der Waals surface area contributed by atoms with E-state index < -0.39 is 23.4 Å². The molecule has 0 spiro atoms. The third-order valence-electron chi connectivity index (χ3n) is 3.31. The lowest BCUT2D eigenvalue weighted by Gasteiger charge is -2.07. The molecule has 8 heteroatoms. The number of amides is 1. The van der Waals surface area contributed by atoms with Gasteiger partial charge in [-0.3, -0.25) is 14.9 Å². The van der Waals surface area contributed by atoms with Crippen LogP contribution in [0.5, 0.6) is 0 Å². The molecule has 0 bridgehead atoms. The van der Waals surface area contributed by atoms with Gasteiger partial charge in [0.25, 0.3) is 11.6 Å². The van der Waals surface area contributed by atoms with Crippen molar-refractivity contribution < 1.29 is 19.2 Å². The van der Waals surface area contributed by atoms with Crippen LogP contribution >= 0.6 is 11.8 Å². The number of rotatable bonds is 9. The van der Waals surface area contributed by atoms with E-state index in [2.05, 4.69) is 5.32 Å². The van der Waals surface area contributed by atoms with Gasteiger partial charge in [0, 0.05) is 30.2 Å². The minimum atomic E-state index is -0.776. The Kier molecular flexibility index (Phi) is 7.63. The molecular weight excluding hydrogens is 356 g/mol. The van der Waals surface area contributed by atoms with Gasteiger partial charge >= 0.3 is 5.97 Å². The van der Waals surface area contributed by atoms with Gasteiger partial charge in [0.05, 0.1) is 10.5 Å². The van der Waals surface area contributed by atoms with Crippen molar-refractivity contribution in [1.29, 1.82) is 0 Å². The first-order valence-corrected chi connectivity index (χ1v) is 9.01. The largest absolute Gasteiger partial charge is 0.452 e. The summed E-state index contributed by atoms with van der Waals surface area (Å²) in [6.45, 7) is 0.0373. The Balaban J connectivity index is 1.64. The number of nitro groups is 1. The van der Waals surface area contributed by atoms with Crippen LogP contribution in [0.1, 0.15) is 15.9 Å². The SMILES string of the molecule is O=C(COC(=O)c1cccc([N+](=O)[O-])c1)NCCSCc1ccccc1. The standard InChI is InChI=1S/C18H18N2O5S/c21-17(19-9-10-26-13-14-5-2-1-3-6-14)12-25-18(22)15-7-4-8-16(11-15)20(23)24/h1-8,11H,9-10,12-13H2,(H,19,21). The Morgan fingerprint density at radius 2 is 1.88 bits per heavy atom. The number of ether oxygens (including phenoxy) is 1. The first-order valence-electron chi connectivity index (χ1n) is 7.86. The van der Waals surface area contributed by atoms with Gasteiger partial charge in [-0.15, -0.1) is 0 Å². The second-order valence-electron chi connectivity index (χ2n) is 5.27. The summed E-state index contributed by atoms with van der Waals surface area (Å²) in [7, 11) is 0. The van der Waals surface area contributed by atoms with Gasteiger partial charge in [-0.25, -0.2) is 4.79 Å². The van der Waals surface area contributed by atoms with Gasteiger partial charge in [0.15, 0.2) is 6.61 Å². The van der Waals surface area contributed by atoms with Gasteiger partial charge in [0.2, 0.25) is 0 Å². The lowest BCUT2D eigenvalue weighted by atomic mass is 10.2. The number of hydrogen-bond acceptors (Lipinski definition) is 6. The van der Waals surface area contributed by atoms with Crippen LogP contribution in [-0.2, 0) is 15.3 Å². The molecule has 1 amide bonds. The van der Waals surface area contributed by atoms with Crippen molar-refractivity contribution >= 4 is 29.3 Å². The topological polar surface area (TPSA) is 98.5 Å². The molecule has 26 heavy (non-hydrogen) atoms. The molecule has 0 aliphatic carbocycles. The fraction of sp³-hybridized carbons (Fsp3) is 0.222. The quantitative estimate of drug-likeness (QED) is 0.314. The number of nitrogens with zero attached hydrogens (tertiary/aromatic N) is 1. The van der Waals surface area contributed by atoms with Crippen molar-refractivity contribution in [2.24, 2.45) is 0 Å². The molecule has 0 atom stereocenters. The number of thioether (sulfide) groups is 1. The Bertz CT molecular complexity index is 767. The van der Waals surface area contributed by atoms with E-state index in [1.165, 1.54) is 23.8 Å². The lowest BCUT2D eigenvalue weighted by molar-refractivity contribution is -0.384. The van der Waals surface area contributed by atoms with Crippen LogP contribution < -0.4 is 5.32 Å². The highest BCUT2D eigenvalue weighted by Crippen LogP contribution is 2.14. The van der Waals surface area contributed by atoms with Crippen molar-refractivity contribution in [3.05, 3.63) is 75.8 Å². The zero-order valence-electron chi connectivity index (χ0n) is 13.9. The Hall–Kier alpha value is -2.87. The van der Waals surface area contributed by atoms with Crippen LogP contribution in [0, 0.1) is 10.1 Å². The zero-order chi connectivity index (χ0) is 18.8. The number of hydrogen-bond donors (Lipinski definition) is 1. The Morgan fingerprint density at radius 3 is 2.62 bits per heavy atom. The van der Waals surface area contributed by atoms with Gasteiger partial charge in [-0.2, -0.15) is 11.8 Å². The maximum absolute atomic E-state index is 11.8. The van der Waals surface area contributed by atoms with Gasteiger partial charge in [-0.05, 0) is 11.6 Å². The molecule has 0 saturated carbocycles. The number of carbonyl (C=O) groups is 2. The van der Waals surface area contributed by atoms with E-state index in [4.69, 9.17) is 4.74 Å². The Morgan fingerprint density at radius 1 is 1.12 bits per heavy atom. The third kappa shape index (κ3) is 6.56. The summed E-state index contributed by atoms with van der Waals surface area (Å²) >= 11 is 1.69. The summed E-state index contributed by atoms with van der Waals surface area (Å²) < 4.78 is 4.87. The highest BCUT2D eigenvalue weighted by Gasteiger charge is 2.13. The summed E-state index contributed by atoms with van der Waals surface area (Å²) in [4.78, 5) is 33.6. The molecule has 2 aromatic rings. The highest BCUT2D eigenvalue weighted by atomic mass is 32.2. The molecule has 0 aromatic heterocycles. The van der Waals surface area contributed by atoms with Crippen LogP contribution in [0.25, 0.3) is 0 Å². The second kappa shape index (κ2) is 10.2. The molecule has 7 nitrogen and oxygen atoms in total. The van der Waals surface area contributed by atoms with Crippen LogP contribution in [0.15, 0.2) is 54.6 Å². The molecule has 0 unspecified atom stereocenters. The van der Waals surface area contributed by atoms with Crippen LogP contribution in [0.3, 0.4) is 0 Å². The van der Waals surface area contributed by atoms with Crippen molar-refractivity contribution in [3.8, 4) is 0 Å². The van der Waals surface area contributed by atoms with E-state index in [1.54, 1.807) is 11.8 Å². The van der Waals surface area contributed by atoms with Crippen LogP contribution in [-0.4, -0.2) is 35.7 Å². The fourth-order valence-corrected chi connectivity index (χ4v) is 2.86. The smallest absolute Gasteiger partial charge is 0.338 e. The number of esters is 1. The molecule has 0 aliphatic heterocycles. The molecule has 0 aliphatic rings. The van der Waals surface area contributed by atoms with Gasteiger partial charge in [0.1, 0.15) is 0 Å². The zero-order valence-corrected chi connectivity index (χ0v) is 14.7. The molecule has 136 valence electrons. The molecule has 0 saturated heterocycles. The van der Waals surface area contributed by atoms with Crippen LogP contribution in [0.4, 0.5) is 5.69 Å². The monoisotopic (exact) mass is 374 g/mol. The van der Waals surface area contributed by atoms with E-state index in [-0.39, 0.29) is 11.3 Å². The summed E-state index contributed by atoms with van der Waals surface area (Å²) in [6, 6.07) is 15.2. The van der Waals surface area contributed by atoms with E-state index in [0.717, 1.165) is 17.6 Å². The van der Waals surface area contributed by atoms with E-state index in [0.29, 0.717) is 6.54 Å². The van der Waals surface area contributed by atoms with E-state index in [1.807, 2.05) is 30.3 Å². The van der Waals surface area contributed by atoms with Crippen molar-refractivity contribution in [2.75, 3.05) is 18.9 Å². The lowest BCUT2D eigenvalue weighted by Crippen LogP contribution is -2.30. The molecule has 2 aromatic carbocycles. The second-order valence-corrected chi connectivity index (χ2v) is 6.38. The minimum Gasteiger partial charge on any atom is -0.452 e. The van der Waals surface area contributed by atoms with Crippen molar-refractivity contribution in [3.63, 3.8) is 0 Å². The predicted molar refractivity (Wildman–Crippen MR) is 99.0 cm³/mol. The van der Waals surface area contributed by atoms with Crippen molar-refractivity contribution in [2.45, 2.75) is 5.75 Å². The number of carbonyl (C=O) groups excluding carboxylic acids is 2. The fourth-order valence-electron chi connectivity index (χ4n) is 2.04. The average Bonchev–Trinajstić information content (AvgIpc) is 2.66. The molecule has 0 radical (unpaired) electrons. The summed E-state index contributed by atoms with van der Waals surface area (Å²) in [5, 5.41) is 13.4.